The maximum atomic E-state index is 12.9. The first-order valence-corrected chi connectivity index (χ1v) is 10.6. The van der Waals surface area contributed by atoms with Crippen LogP contribution in [0.4, 0.5) is 5.69 Å². The third-order valence-corrected chi connectivity index (χ3v) is 5.75. The number of fused-ring (bicyclic) bond motifs is 1. The van der Waals surface area contributed by atoms with Crippen LogP contribution in [0.25, 0.3) is 17.0 Å². The molecule has 0 spiro atoms. The summed E-state index contributed by atoms with van der Waals surface area (Å²) in [5, 5.41) is 22.6. The fourth-order valence-electron chi connectivity index (χ4n) is 3.57. The predicted octanol–water partition coefficient (Wildman–Crippen LogP) is 6.69. The molecule has 1 heterocycles. The number of carbonyl (C=O) groups is 1. The zero-order valence-corrected chi connectivity index (χ0v) is 18.5. The molecule has 0 N–H and O–H groups in total. The van der Waals surface area contributed by atoms with Gasteiger partial charge in [0, 0.05) is 56.9 Å². The van der Waals surface area contributed by atoms with E-state index < -0.39 is 10.7 Å². The number of rotatable bonds is 6. The van der Waals surface area contributed by atoms with Crippen molar-refractivity contribution in [3.8, 4) is 6.07 Å². The molecule has 0 atom stereocenters. The van der Waals surface area contributed by atoms with Gasteiger partial charge in [-0.2, -0.15) is 5.26 Å². The molecule has 0 aliphatic carbocycles. The lowest BCUT2D eigenvalue weighted by Crippen LogP contribution is -2.02. The molecule has 4 rings (SSSR count). The van der Waals surface area contributed by atoms with Gasteiger partial charge in [0.1, 0.15) is 11.6 Å². The summed E-state index contributed by atoms with van der Waals surface area (Å²) in [6, 6.07) is 20.2. The SMILES string of the molecule is N#C/C(=C\c1cn(Cc2ccc(Cl)cc2Cl)c2ccccc12)C(=O)c1cccc([N+](=O)[O-])c1. The number of nitro benzene ring substituents is 1. The molecule has 0 saturated heterocycles. The van der Waals surface area contributed by atoms with Gasteiger partial charge in [-0.05, 0) is 29.8 Å². The number of nitro groups is 1. The monoisotopic (exact) mass is 475 g/mol. The summed E-state index contributed by atoms with van der Waals surface area (Å²) in [5.74, 6) is -0.584. The Balaban J connectivity index is 1.76. The number of allylic oxidation sites excluding steroid dienone is 1. The summed E-state index contributed by atoms with van der Waals surface area (Å²) in [6.45, 7) is 0.463. The van der Waals surface area contributed by atoms with E-state index in [9.17, 15) is 20.2 Å². The zero-order valence-electron chi connectivity index (χ0n) is 17.0. The minimum atomic E-state index is -0.584. The van der Waals surface area contributed by atoms with E-state index in [4.69, 9.17) is 23.2 Å². The van der Waals surface area contributed by atoms with Crippen LogP contribution < -0.4 is 0 Å². The number of Topliss-reactive ketones (excluding diaryl/α,β-unsaturated/α-hetero) is 1. The molecule has 4 aromatic rings. The first-order chi connectivity index (χ1) is 15.9. The maximum absolute atomic E-state index is 12.9. The topological polar surface area (TPSA) is 88.9 Å². The van der Waals surface area contributed by atoms with Crippen molar-refractivity contribution in [1.29, 1.82) is 5.26 Å². The molecular formula is C25H15Cl2N3O3. The van der Waals surface area contributed by atoms with Gasteiger partial charge in [0.05, 0.1) is 4.92 Å². The number of halogens is 2. The van der Waals surface area contributed by atoms with Crippen molar-refractivity contribution in [1.82, 2.24) is 4.57 Å². The smallest absolute Gasteiger partial charge is 0.270 e. The molecule has 1 aromatic heterocycles. The summed E-state index contributed by atoms with van der Waals surface area (Å²) in [4.78, 5) is 23.4. The third-order valence-electron chi connectivity index (χ3n) is 5.16. The van der Waals surface area contributed by atoms with Gasteiger partial charge in [-0.1, -0.05) is 59.6 Å². The Morgan fingerprint density at radius 3 is 2.61 bits per heavy atom. The number of hydrogen-bond donors (Lipinski definition) is 0. The molecular weight excluding hydrogens is 461 g/mol. The van der Waals surface area contributed by atoms with E-state index in [1.165, 1.54) is 30.3 Å². The standard InChI is InChI=1S/C25H15Cl2N3O3/c26-20-9-8-17(23(27)12-20)14-29-15-19(22-6-1-2-7-24(22)29)10-18(13-28)25(31)16-4-3-5-21(11-16)30(32)33/h1-12,15H,14H2/b18-10+. The molecule has 33 heavy (non-hydrogen) atoms. The van der Waals surface area contributed by atoms with Crippen LogP contribution in [-0.2, 0) is 6.54 Å². The molecule has 8 heteroatoms. The molecule has 3 aromatic carbocycles. The molecule has 162 valence electrons. The lowest BCUT2D eigenvalue weighted by atomic mass is 10.0. The van der Waals surface area contributed by atoms with Crippen molar-refractivity contribution >= 4 is 51.7 Å². The quantitative estimate of drug-likeness (QED) is 0.102. The van der Waals surface area contributed by atoms with E-state index in [2.05, 4.69) is 0 Å². The highest BCUT2D eigenvalue weighted by atomic mass is 35.5. The van der Waals surface area contributed by atoms with E-state index in [-0.39, 0.29) is 16.8 Å². The minimum absolute atomic E-state index is 0.0775. The van der Waals surface area contributed by atoms with Crippen molar-refractivity contribution < 1.29 is 9.72 Å². The molecule has 0 aliphatic heterocycles. The Bertz CT molecular complexity index is 1480. The van der Waals surface area contributed by atoms with Crippen molar-refractivity contribution in [3.63, 3.8) is 0 Å². The first-order valence-electron chi connectivity index (χ1n) is 9.80. The van der Waals surface area contributed by atoms with Gasteiger partial charge < -0.3 is 4.57 Å². The number of ketones is 1. The van der Waals surface area contributed by atoms with Crippen LogP contribution in [-0.4, -0.2) is 15.3 Å². The Morgan fingerprint density at radius 2 is 1.88 bits per heavy atom. The molecule has 0 fully saturated rings. The molecule has 0 amide bonds. The Labute approximate surface area is 199 Å². The largest absolute Gasteiger partial charge is 0.342 e. The van der Waals surface area contributed by atoms with Gasteiger partial charge in [0.25, 0.3) is 5.69 Å². The van der Waals surface area contributed by atoms with Crippen LogP contribution in [0.3, 0.4) is 0 Å². The highest BCUT2D eigenvalue weighted by Crippen LogP contribution is 2.28. The highest BCUT2D eigenvalue weighted by molar-refractivity contribution is 6.35. The average molecular weight is 476 g/mol. The number of benzene rings is 3. The Hall–Kier alpha value is -3.92. The van der Waals surface area contributed by atoms with Gasteiger partial charge >= 0.3 is 0 Å². The third kappa shape index (κ3) is 4.65. The van der Waals surface area contributed by atoms with E-state index >= 15 is 0 Å². The summed E-state index contributed by atoms with van der Waals surface area (Å²) in [5.41, 5.74) is 2.18. The summed E-state index contributed by atoms with van der Waals surface area (Å²) < 4.78 is 1.98. The number of para-hydroxylation sites is 1. The van der Waals surface area contributed by atoms with Crippen LogP contribution in [0, 0.1) is 21.4 Å². The van der Waals surface area contributed by atoms with Crippen LogP contribution in [0.5, 0.6) is 0 Å². The van der Waals surface area contributed by atoms with Crippen LogP contribution in [0.1, 0.15) is 21.5 Å². The Morgan fingerprint density at radius 1 is 1.09 bits per heavy atom. The normalized spacial score (nSPS) is 11.4. The molecule has 0 aliphatic rings. The van der Waals surface area contributed by atoms with Crippen molar-refractivity contribution in [2.45, 2.75) is 6.54 Å². The molecule has 6 nitrogen and oxygen atoms in total. The van der Waals surface area contributed by atoms with Crippen molar-refractivity contribution in [2.24, 2.45) is 0 Å². The van der Waals surface area contributed by atoms with Crippen LogP contribution >= 0.6 is 23.2 Å². The average Bonchev–Trinajstić information content (AvgIpc) is 3.16. The summed E-state index contributed by atoms with van der Waals surface area (Å²) in [6.07, 6.45) is 3.34. The fourth-order valence-corrected chi connectivity index (χ4v) is 4.04. The molecule has 0 bridgehead atoms. The van der Waals surface area contributed by atoms with Crippen LogP contribution in [0.15, 0.2) is 78.5 Å². The summed E-state index contributed by atoms with van der Waals surface area (Å²) >= 11 is 12.3. The highest BCUT2D eigenvalue weighted by Gasteiger charge is 2.17. The number of aromatic nitrogens is 1. The number of carbonyl (C=O) groups excluding carboxylic acids is 1. The second-order valence-corrected chi connectivity index (χ2v) is 8.12. The fraction of sp³-hybridized carbons (Fsp3) is 0.0400. The lowest BCUT2D eigenvalue weighted by molar-refractivity contribution is -0.384. The summed E-state index contributed by atoms with van der Waals surface area (Å²) in [7, 11) is 0. The second-order valence-electron chi connectivity index (χ2n) is 7.27. The van der Waals surface area contributed by atoms with Gasteiger partial charge in [-0.15, -0.1) is 0 Å². The van der Waals surface area contributed by atoms with E-state index in [0.717, 1.165) is 16.5 Å². The van der Waals surface area contributed by atoms with Crippen LogP contribution in [0.2, 0.25) is 10.0 Å². The van der Waals surface area contributed by atoms with Gasteiger partial charge in [0.15, 0.2) is 0 Å². The van der Waals surface area contributed by atoms with E-state index in [1.807, 2.05) is 47.2 Å². The van der Waals surface area contributed by atoms with E-state index in [1.54, 1.807) is 12.1 Å². The number of nitrogens with zero attached hydrogens (tertiary/aromatic N) is 3. The van der Waals surface area contributed by atoms with Crippen molar-refractivity contribution in [2.75, 3.05) is 0 Å². The van der Waals surface area contributed by atoms with Gasteiger partial charge in [-0.3, -0.25) is 14.9 Å². The van der Waals surface area contributed by atoms with Gasteiger partial charge in [-0.25, -0.2) is 0 Å². The second kappa shape index (κ2) is 9.29. The lowest BCUT2D eigenvalue weighted by Gasteiger charge is -2.08. The zero-order chi connectivity index (χ0) is 23.5. The number of nitriles is 1. The molecule has 0 unspecified atom stereocenters. The molecule has 0 radical (unpaired) electrons. The maximum Gasteiger partial charge on any atom is 0.270 e. The van der Waals surface area contributed by atoms with E-state index in [0.29, 0.717) is 22.2 Å². The number of hydrogen-bond acceptors (Lipinski definition) is 4. The van der Waals surface area contributed by atoms with Gasteiger partial charge in [0.2, 0.25) is 5.78 Å². The Kier molecular flexibility index (Phi) is 6.27. The predicted molar refractivity (Wildman–Crippen MR) is 129 cm³/mol. The number of non-ortho nitro benzene ring substituents is 1. The van der Waals surface area contributed by atoms with Crippen molar-refractivity contribution in [3.05, 3.63) is 115 Å². The minimum Gasteiger partial charge on any atom is -0.342 e. The first kappa shape index (κ1) is 22.3. The molecule has 0 saturated carbocycles.